The van der Waals surface area contributed by atoms with E-state index in [9.17, 15) is 14.4 Å². The number of guanidine groups is 1. The fourth-order valence-corrected chi connectivity index (χ4v) is 4.75. The lowest BCUT2D eigenvalue weighted by Gasteiger charge is -2.30. The van der Waals surface area contributed by atoms with Gasteiger partial charge in [0, 0.05) is 13.1 Å². The highest BCUT2D eigenvalue weighted by Gasteiger charge is 2.38. The maximum absolute atomic E-state index is 13.7. The molecule has 0 radical (unpaired) electrons. The first-order chi connectivity index (χ1) is 18.8. The van der Waals surface area contributed by atoms with Crippen LogP contribution in [-0.4, -0.2) is 66.8 Å². The van der Waals surface area contributed by atoms with E-state index in [-0.39, 0.29) is 29.7 Å². The molecule has 0 saturated carbocycles. The summed E-state index contributed by atoms with van der Waals surface area (Å²) in [7, 11) is 1.69. The van der Waals surface area contributed by atoms with Crippen molar-refractivity contribution < 1.29 is 14.4 Å². The van der Waals surface area contributed by atoms with E-state index in [1.165, 1.54) is 0 Å². The lowest BCUT2D eigenvalue weighted by atomic mass is 9.98. The number of aliphatic imine (C=N–C) groups is 1. The van der Waals surface area contributed by atoms with Crippen molar-refractivity contribution in [3.8, 4) is 0 Å². The van der Waals surface area contributed by atoms with Crippen molar-refractivity contribution in [3.63, 3.8) is 0 Å². The van der Waals surface area contributed by atoms with Gasteiger partial charge in [-0.15, -0.1) is 0 Å². The van der Waals surface area contributed by atoms with Gasteiger partial charge in [-0.1, -0.05) is 60.7 Å². The van der Waals surface area contributed by atoms with Gasteiger partial charge in [0.05, 0.1) is 12.1 Å². The second-order valence-electron chi connectivity index (χ2n) is 9.83. The van der Waals surface area contributed by atoms with Crippen molar-refractivity contribution in [2.75, 3.05) is 20.1 Å². The molecule has 3 amide bonds. The largest absolute Gasteiger partial charge is 0.370 e. The van der Waals surface area contributed by atoms with E-state index in [0.717, 1.165) is 11.1 Å². The van der Waals surface area contributed by atoms with Gasteiger partial charge in [-0.05, 0) is 57.2 Å². The third-order valence-electron chi connectivity index (χ3n) is 7.03. The van der Waals surface area contributed by atoms with Crippen molar-refractivity contribution >= 4 is 23.7 Å². The molecule has 0 aromatic heterocycles. The minimum Gasteiger partial charge on any atom is -0.370 e. The predicted molar refractivity (Wildman–Crippen MR) is 153 cm³/mol. The van der Waals surface area contributed by atoms with Gasteiger partial charge in [0.2, 0.25) is 17.7 Å². The van der Waals surface area contributed by atoms with Crippen molar-refractivity contribution in [2.24, 2.45) is 16.5 Å². The van der Waals surface area contributed by atoms with Crippen LogP contribution in [0.2, 0.25) is 0 Å². The van der Waals surface area contributed by atoms with E-state index in [2.05, 4.69) is 20.9 Å². The van der Waals surface area contributed by atoms with Crippen LogP contribution in [0.15, 0.2) is 65.7 Å². The quantitative estimate of drug-likeness (QED) is 0.148. The highest BCUT2D eigenvalue weighted by Crippen LogP contribution is 2.25. The summed E-state index contributed by atoms with van der Waals surface area (Å²) in [6, 6.07) is 17.4. The van der Waals surface area contributed by atoms with Crippen LogP contribution >= 0.6 is 0 Å². The molecule has 0 bridgehead atoms. The Balaban J connectivity index is 1.75. The Hall–Kier alpha value is -3.92. The Morgan fingerprint density at radius 1 is 0.974 bits per heavy atom. The standard InChI is InChI=1S/C29H41N7O3/c1-20(32-2)26(37)34-23(16-9-10-18-33-29(30)31)28(39)36-19-11-17-24(36)27(38)35-25(21-12-5-3-6-13-21)22-14-7-4-8-15-22/h3-8,12-15,20,23-25,32H,9-11,16-19H2,1-2H3,(H,34,37)(H,35,38)(H4,30,31,33)/t20-,23-,24-/m0/s1. The number of unbranched alkanes of at least 4 members (excludes halogenated alkanes) is 1. The normalized spacial score (nSPS) is 16.4. The van der Waals surface area contributed by atoms with Crippen molar-refractivity contribution in [3.05, 3.63) is 71.8 Å². The number of hydrogen-bond donors (Lipinski definition) is 5. The minimum absolute atomic E-state index is 0.0222. The van der Waals surface area contributed by atoms with Gasteiger partial charge in [0.25, 0.3) is 0 Å². The van der Waals surface area contributed by atoms with Gasteiger partial charge < -0.3 is 32.3 Å². The van der Waals surface area contributed by atoms with Crippen LogP contribution in [-0.2, 0) is 14.4 Å². The van der Waals surface area contributed by atoms with Crippen LogP contribution in [0, 0.1) is 0 Å². The summed E-state index contributed by atoms with van der Waals surface area (Å²) < 4.78 is 0. The molecule has 1 aliphatic rings. The Bertz CT molecular complexity index is 1070. The summed E-state index contributed by atoms with van der Waals surface area (Å²) in [6.45, 7) is 2.63. The molecular formula is C29H41N7O3. The topological polar surface area (TPSA) is 155 Å². The van der Waals surface area contributed by atoms with Gasteiger partial charge in [0.15, 0.2) is 5.96 Å². The first-order valence-corrected chi connectivity index (χ1v) is 13.6. The van der Waals surface area contributed by atoms with Crippen LogP contribution in [0.5, 0.6) is 0 Å². The molecule has 10 nitrogen and oxygen atoms in total. The van der Waals surface area contributed by atoms with Gasteiger partial charge in [-0.25, -0.2) is 0 Å². The lowest BCUT2D eigenvalue weighted by molar-refractivity contribution is -0.142. The van der Waals surface area contributed by atoms with E-state index < -0.39 is 18.1 Å². The van der Waals surface area contributed by atoms with Crippen LogP contribution in [0.1, 0.15) is 56.2 Å². The predicted octanol–water partition coefficient (Wildman–Crippen LogP) is 1.42. The maximum atomic E-state index is 13.7. The SMILES string of the molecule is CN[C@@H](C)C(=O)N[C@@H](CCCCN=C(N)N)C(=O)N1CCC[C@H]1C(=O)NC(c1ccccc1)c1ccccc1. The number of nitrogens with one attached hydrogen (secondary N) is 3. The molecule has 1 saturated heterocycles. The minimum atomic E-state index is -0.750. The number of likely N-dealkylation sites (N-methyl/N-ethyl adjacent to an activating group) is 1. The molecule has 0 unspecified atom stereocenters. The molecule has 210 valence electrons. The average Bonchev–Trinajstić information content (AvgIpc) is 3.45. The molecule has 10 heteroatoms. The summed E-state index contributed by atoms with van der Waals surface area (Å²) in [5.41, 5.74) is 12.7. The fraction of sp³-hybridized carbons (Fsp3) is 0.448. The second kappa shape index (κ2) is 14.9. The van der Waals surface area contributed by atoms with Gasteiger partial charge in [0.1, 0.15) is 12.1 Å². The van der Waals surface area contributed by atoms with Crippen molar-refractivity contribution in [1.29, 1.82) is 0 Å². The van der Waals surface area contributed by atoms with Crippen LogP contribution < -0.4 is 27.4 Å². The molecule has 2 aromatic rings. The number of hydrogen-bond acceptors (Lipinski definition) is 5. The number of carbonyl (C=O) groups is 3. The summed E-state index contributed by atoms with van der Waals surface area (Å²) in [5, 5.41) is 8.97. The number of carbonyl (C=O) groups excluding carboxylic acids is 3. The third-order valence-corrected chi connectivity index (χ3v) is 7.03. The first kappa shape index (κ1) is 29.6. The van der Waals surface area contributed by atoms with E-state index in [1.54, 1.807) is 18.9 Å². The molecule has 0 aliphatic carbocycles. The molecule has 7 N–H and O–H groups in total. The number of nitrogens with two attached hydrogens (primary N) is 2. The molecular weight excluding hydrogens is 494 g/mol. The fourth-order valence-electron chi connectivity index (χ4n) is 4.75. The van der Waals surface area contributed by atoms with Gasteiger partial charge in [-0.3, -0.25) is 19.4 Å². The van der Waals surface area contributed by atoms with Crippen molar-refractivity contribution in [1.82, 2.24) is 20.9 Å². The molecule has 3 rings (SSSR count). The molecule has 0 spiro atoms. The second-order valence-corrected chi connectivity index (χ2v) is 9.83. The van der Waals surface area contributed by atoms with E-state index in [4.69, 9.17) is 11.5 Å². The monoisotopic (exact) mass is 535 g/mol. The molecule has 2 aromatic carbocycles. The summed E-state index contributed by atoms with van der Waals surface area (Å²) >= 11 is 0. The smallest absolute Gasteiger partial charge is 0.245 e. The molecule has 39 heavy (non-hydrogen) atoms. The molecule has 1 aliphatic heterocycles. The van der Waals surface area contributed by atoms with Crippen LogP contribution in [0.4, 0.5) is 0 Å². The Labute approximate surface area is 230 Å². The highest BCUT2D eigenvalue weighted by atomic mass is 16.2. The molecule has 3 atom stereocenters. The molecule has 1 heterocycles. The van der Waals surface area contributed by atoms with Crippen LogP contribution in [0.25, 0.3) is 0 Å². The average molecular weight is 536 g/mol. The van der Waals surface area contributed by atoms with E-state index in [0.29, 0.717) is 45.2 Å². The summed E-state index contributed by atoms with van der Waals surface area (Å²) in [4.78, 5) is 45.7. The van der Waals surface area contributed by atoms with E-state index in [1.807, 2.05) is 60.7 Å². The first-order valence-electron chi connectivity index (χ1n) is 13.6. The molecule has 1 fully saturated rings. The number of amides is 3. The number of rotatable bonds is 13. The lowest BCUT2D eigenvalue weighted by Crippen LogP contribution is -2.55. The van der Waals surface area contributed by atoms with Crippen molar-refractivity contribution in [2.45, 2.75) is 63.2 Å². The maximum Gasteiger partial charge on any atom is 0.245 e. The zero-order valence-corrected chi connectivity index (χ0v) is 22.8. The summed E-state index contributed by atoms with van der Waals surface area (Å²) in [6.07, 6.45) is 2.99. The zero-order valence-electron chi connectivity index (χ0n) is 22.8. The Morgan fingerprint density at radius 3 is 2.15 bits per heavy atom. The van der Waals surface area contributed by atoms with E-state index >= 15 is 0 Å². The number of nitrogens with zero attached hydrogens (tertiary/aromatic N) is 2. The Morgan fingerprint density at radius 2 is 1.59 bits per heavy atom. The number of likely N-dealkylation sites (tertiary alicyclic amines) is 1. The number of benzene rings is 2. The third kappa shape index (κ3) is 8.54. The zero-order chi connectivity index (χ0) is 28.2. The van der Waals surface area contributed by atoms with Gasteiger partial charge in [-0.2, -0.15) is 0 Å². The summed E-state index contributed by atoms with van der Waals surface area (Å²) in [5.74, 6) is -0.704. The Kier molecular flexibility index (Phi) is 11.3. The van der Waals surface area contributed by atoms with Gasteiger partial charge >= 0.3 is 0 Å². The van der Waals surface area contributed by atoms with Crippen LogP contribution in [0.3, 0.4) is 0 Å². The highest BCUT2D eigenvalue weighted by molar-refractivity contribution is 5.93.